The third-order valence-corrected chi connectivity index (χ3v) is 7.47. The molecule has 0 fully saturated rings. The summed E-state index contributed by atoms with van der Waals surface area (Å²) in [6.07, 6.45) is 10.4. The van der Waals surface area contributed by atoms with Gasteiger partial charge in [-0.2, -0.15) is 0 Å². The van der Waals surface area contributed by atoms with E-state index in [1.165, 1.54) is 0 Å². The van der Waals surface area contributed by atoms with Crippen molar-refractivity contribution in [2.45, 2.75) is 57.4 Å². The largest absolute Gasteiger partial charge is 0.330 e. The molecule has 7 heteroatoms. The number of rotatable bonds is 6. The first-order chi connectivity index (χ1) is 14.5. The Bertz CT molecular complexity index is 1160. The van der Waals surface area contributed by atoms with E-state index in [2.05, 4.69) is 27.0 Å². The molecular weight excluding hydrogens is 444 g/mol. The first kappa shape index (κ1) is 20.0. The average molecular weight is 470 g/mol. The third kappa shape index (κ3) is 2.82. The molecule has 1 unspecified atom stereocenters. The number of aliphatic imine (C=N–C) groups is 1. The van der Waals surface area contributed by atoms with Crippen molar-refractivity contribution in [2.75, 3.05) is 6.54 Å². The Hall–Kier alpha value is -1.96. The molecule has 4 N–H and O–H groups in total. The maximum atomic E-state index is 13.4. The highest BCUT2D eigenvalue weighted by Crippen LogP contribution is 2.50. The normalized spacial score (nSPS) is 22.0. The number of Topliss-reactive ketones (excluding diaryl/α,β-unsaturated/α-hetero) is 1. The van der Waals surface area contributed by atoms with Crippen molar-refractivity contribution >= 4 is 49.9 Å². The van der Waals surface area contributed by atoms with Crippen LogP contribution in [0.4, 0.5) is 5.69 Å². The van der Waals surface area contributed by atoms with Crippen molar-refractivity contribution in [3.63, 3.8) is 0 Å². The summed E-state index contributed by atoms with van der Waals surface area (Å²) in [5.74, 6) is -0.265. The van der Waals surface area contributed by atoms with Crippen LogP contribution in [0.25, 0.3) is 16.3 Å². The molecule has 4 aliphatic rings. The molecule has 6 nitrogen and oxygen atoms in total. The molecule has 156 valence electrons. The zero-order chi connectivity index (χ0) is 21.0. The Kier molecular flexibility index (Phi) is 5.08. The van der Waals surface area contributed by atoms with E-state index >= 15 is 0 Å². The van der Waals surface area contributed by atoms with E-state index in [9.17, 15) is 9.70 Å². The van der Waals surface area contributed by atoms with Crippen molar-refractivity contribution in [3.05, 3.63) is 37.7 Å². The summed E-state index contributed by atoms with van der Waals surface area (Å²) in [6.45, 7) is 0.608. The lowest BCUT2D eigenvalue weighted by Crippen LogP contribution is -2.37. The van der Waals surface area contributed by atoms with E-state index in [-0.39, 0.29) is 11.7 Å². The lowest BCUT2D eigenvalue weighted by atomic mass is 9.77. The molecule has 0 bridgehead atoms. The fourth-order valence-corrected chi connectivity index (χ4v) is 6.04. The second-order valence-electron chi connectivity index (χ2n) is 8.59. The van der Waals surface area contributed by atoms with Gasteiger partial charge in [0, 0.05) is 39.5 Å². The number of carbonyl (C=O) groups excluding carboxylic acids is 1. The topological polar surface area (TPSA) is 102 Å². The lowest BCUT2D eigenvalue weighted by molar-refractivity contribution is -0.406. The van der Waals surface area contributed by atoms with Crippen LogP contribution in [0.2, 0.25) is 0 Å². The SMILES string of the molecule is NCCCC[C@H](N)C(=O)C1CCCC2=C1c1c(c3c(c4c1C=NC=4Br)=CCC3)[N+]2=O. The second kappa shape index (κ2) is 7.62. The Morgan fingerprint density at radius 1 is 1.33 bits per heavy atom. The molecule has 2 aliphatic carbocycles. The third-order valence-electron chi connectivity index (χ3n) is 6.87. The maximum absolute atomic E-state index is 13.4. The number of hydrogen-bond donors (Lipinski definition) is 2. The van der Waals surface area contributed by atoms with Gasteiger partial charge in [-0.15, -0.1) is 0 Å². The minimum absolute atomic E-state index is 0.0549. The highest BCUT2D eigenvalue weighted by atomic mass is 79.9. The van der Waals surface area contributed by atoms with Crippen LogP contribution < -0.4 is 21.9 Å². The maximum Gasteiger partial charge on any atom is 0.275 e. The second-order valence-corrected chi connectivity index (χ2v) is 9.34. The van der Waals surface area contributed by atoms with Crippen LogP contribution in [0, 0.1) is 10.8 Å². The van der Waals surface area contributed by atoms with Gasteiger partial charge in [0.25, 0.3) is 5.69 Å². The van der Waals surface area contributed by atoms with Gasteiger partial charge < -0.3 is 11.5 Å². The Balaban J connectivity index is 1.65. The molecule has 5 rings (SSSR count). The van der Waals surface area contributed by atoms with Gasteiger partial charge in [0.15, 0.2) is 5.78 Å². The van der Waals surface area contributed by atoms with Crippen LogP contribution >= 0.6 is 15.9 Å². The van der Waals surface area contributed by atoms with E-state index in [4.69, 9.17) is 11.5 Å². The molecule has 0 amide bonds. The summed E-state index contributed by atoms with van der Waals surface area (Å²) < 4.78 is 1.92. The van der Waals surface area contributed by atoms with Crippen LogP contribution in [0.1, 0.15) is 61.6 Å². The van der Waals surface area contributed by atoms with Gasteiger partial charge in [-0.25, -0.2) is 4.99 Å². The summed E-state index contributed by atoms with van der Waals surface area (Å²) >= 11 is 3.60. The first-order valence-electron chi connectivity index (χ1n) is 10.9. The Morgan fingerprint density at radius 3 is 2.97 bits per heavy atom. The summed E-state index contributed by atoms with van der Waals surface area (Å²) in [6, 6.07) is -0.514. The predicted octanol–water partition coefficient (Wildman–Crippen LogP) is 2.27. The molecule has 0 aromatic heterocycles. The molecule has 2 heterocycles. The van der Waals surface area contributed by atoms with Gasteiger partial charge in [-0.3, -0.25) is 4.79 Å². The first-order valence-corrected chi connectivity index (χ1v) is 11.7. The number of fused-ring (bicyclic) bond motifs is 7. The Morgan fingerprint density at radius 2 is 2.17 bits per heavy atom. The molecule has 0 radical (unpaired) electrons. The summed E-state index contributed by atoms with van der Waals surface area (Å²) in [5, 5.41) is 2.18. The molecule has 30 heavy (non-hydrogen) atoms. The molecule has 0 spiro atoms. The van der Waals surface area contributed by atoms with E-state index in [0.717, 1.165) is 92.0 Å². The van der Waals surface area contributed by atoms with Gasteiger partial charge in [0.1, 0.15) is 4.61 Å². The highest BCUT2D eigenvalue weighted by molar-refractivity contribution is 9.14. The van der Waals surface area contributed by atoms with Crippen LogP contribution in [0.5, 0.6) is 0 Å². The number of benzene rings is 1. The molecule has 1 aromatic carbocycles. The fourth-order valence-electron chi connectivity index (χ4n) is 5.51. The fraction of sp³-hybridized carbons (Fsp3) is 0.478. The van der Waals surface area contributed by atoms with Gasteiger partial charge in [-0.05, 0) is 66.2 Å². The predicted molar refractivity (Wildman–Crippen MR) is 122 cm³/mol. The number of hydrogen-bond acceptors (Lipinski definition) is 5. The van der Waals surface area contributed by atoms with Gasteiger partial charge in [0.05, 0.1) is 22.3 Å². The van der Waals surface area contributed by atoms with Crippen molar-refractivity contribution < 1.29 is 9.55 Å². The van der Waals surface area contributed by atoms with Crippen molar-refractivity contribution in [3.8, 4) is 0 Å². The standard InChI is InChI=1S/C23H26BrN4O2/c24-23-18-12-5-3-6-13(12)21-20(15(18)11-27-23)19-14(7-4-9-17(19)28(21)30)22(29)16(26)8-1-2-10-25/h5,11,14,16H,1-4,6-10,25-26H2/q+1/t14?,16-/m0/s1. The highest BCUT2D eigenvalue weighted by Gasteiger charge is 2.49. The number of nitrogens with two attached hydrogens (primary N) is 2. The van der Waals surface area contributed by atoms with Crippen LogP contribution in [0.15, 0.2) is 10.7 Å². The van der Waals surface area contributed by atoms with Crippen molar-refractivity contribution in [2.24, 2.45) is 22.4 Å². The number of unbranched alkanes of at least 4 members (excludes halogenated alkanes) is 1. The van der Waals surface area contributed by atoms with E-state index < -0.39 is 6.04 Å². The minimum Gasteiger partial charge on any atom is -0.330 e. The minimum atomic E-state index is -0.514. The van der Waals surface area contributed by atoms with E-state index in [0.29, 0.717) is 19.4 Å². The van der Waals surface area contributed by atoms with Gasteiger partial charge >= 0.3 is 0 Å². The van der Waals surface area contributed by atoms with Crippen molar-refractivity contribution in [1.29, 1.82) is 0 Å². The zero-order valence-electron chi connectivity index (χ0n) is 16.9. The average Bonchev–Trinajstić information content (AvgIpc) is 3.44. The number of carbonyl (C=O) groups is 1. The molecule has 0 saturated carbocycles. The quantitative estimate of drug-likeness (QED) is 0.378. The van der Waals surface area contributed by atoms with Gasteiger partial charge in [0.2, 0.25) is 5.70 Å². The van der Waals surface area contributed by atoms with Crippen LogP contribution in [-0.2, 0) is 11.2 Å². The molecule has 2 aliphatic heterocycles. The number of allylic oxidation sites excluding steroid dienone is 2. The van der Waals surface area contributed by atoms with Crippen LogP contribution in [0.3, 0.4) is 0 Å². The molecule has 0 saturated heterocycles. The Labute approximate surface area is 183 Å². The molecular formula is C23H26BrN4O2+. The monoisotopic (exact) mass is 469 g/mol. The van der Waals surface area contributed by atoms with E-state index in [1.807, 2.05) is 6.21 Å². The summed E-state index contributed by atoms with van der Waals surface area (Å²) in [5.41, 5.74) is 17.3. The molecule has 2 atom stereocenters. The number of nitroso groups, excluding NO2 is 1. The lowest BCUT2D eigenvalue weighted by Gasteiger charge is -2.23. The van der Waals surface area contributed by atoms with Crippen molar-refractivity contribution in [1.82, 2.24) is 0 Å². The number of halogens is 1. The van der Waals surface area contributed by atoms with Crippen LogP contribution in [-0.4, -0.2) is 29.3 Å². The smallest absolute Gasteiger partial charge is 0.275 e. The summed E-state index contributed by atoms with van der Waals surface area (Å²) in [7, 11) is 0. The van der Waals surface area contributed by atoms with E-state index in [1.54, 1.807) is 0 Å². The van der Waals surface area contributed by atoms with Gasteiger partial charge in [-0.1, -0.05) is 12.5 Å². The molecule has 1 aromatic rings. The number of ketones is 1. The number of nitrogens with zero attached hydrogens (tertiary/aromatic N) is 2. The zero-order valence-corrected chi connectivity index (χ0v) is 18.5. The summed E-state index contributed by atoms with van der Waals surface area (Å²) in [4.78, 5) is 31.3.